The van der Waals surface area contributed by atoms with E-state index in [2.05, 4.69) is 248 Å². The molecule has 12 heteroatoms. The standard InChI is InChI=1S/C25H27N3.2C25H32N2.C24H30N2.C18H21N3/c1-18-10-6-7-13-21(18)22-14-9-15-23(27(22)5)25-26(4)16-17-28(25)24-19(2)11-8-12-20(24)3;2*1-15-11-22(26(8)13-19(15)5)24-17(3)10-18(4)25(21(24)7)23-12-16(2)20(6)14-27(23)9;1-15-9-10-21(25(7)13-15)23-17(3)11-18(4)24(20(23)6)22-12-16(2)19(5)14-26(22)8;1-14-8-5-6-9-15(14)16-10-7-11-17(21(16)4)18-19(2)12-13-20(18)3/h6-17H,1-5H3;2*10-14H,1-9H3;9-14H,1-8H3;5-13H,1-4H3/q5*+2/i2D3;1D3,3D3,6D3;;3D3,5D3;. The molecule has 0 radical (unpaired) electrons. The van der Waals surface area contributed by atoms with Crippen molar-refractivity contribution in [1.82, 2.24) is 9.13 Å². The molecule has 12 nitrogen and oxygen atoms in total. The number of benzene rings is 6. The van der Waals surface area contributed by atoms with Crippen molar-refractivity contribution in [2.24, 2.45) is 77.5 Å². The van der Waals surface area contributed by atoms with Crippen molar-refractivity contribution in [2.75, 3.05) is 0 Å². The highest BCUT2D eigenvalue weighted by Crippen LogP contribution is 2.40. The van der Waals surface area contributed by atoms with Gasteiger partial charge < -0.3 is 0 Å². The number of hydrogen-bond donors (Lipinski definition) is 0. The maximum Gasteiger partial charge on any atom is 0.359 e. The molecule has 10 aromatic heterocycles. The molecule has 16 aromatic rings. The van der Waals surface area contributed by atoms with E-state index in [0.717, 1.165) is 73.2 Å². The van der Waals surface area contributed by atoms with Gasteiger partial charge >= 0.3 is 11.6 Å². The second-order valence-corrected chi connectivity index (χ2v) is 35.4. The van der Waals surface area contributed by atoms with E-state index in [1.165, 1.54) is 101 Å². The summed E-state index contributed by atoms with van der Waals surface area (Å²) in [5.74, 6) is 2.10. The molecule has 0 saturated carbocycles. The minimum Gasteiger partial charge on any atom is -0.227 e. The number of rotatable bonds is 11. The summed E-state index contributed by atoms with van der Waals surface area (Å²) in [6, 6.07) is 54.5. The number of nitrogens with zero attached hydrogens (tertiary/aromatic N) is 12. The molecule has 0 aliphatic rings. The molecule has 6 aromatic carbocycles. The molecule has 0 fully saturated rings. The van der Waals surface area contributed by atoms with Gasteiger partial charge in [0.2, 0.25) is 45.6 Å². The topological polar surface area (TPSA) is 48.7 Å². The van der Waals surface area contributed by atoms with E-state index in [-0.39, 0.29) is 16.7 Å². The lowest BCUT2D eigenvalue weighted by Crippen LogP contribution is -2.40. The number of aromatic nitrogens is 12. The SMILES string of the molecule is Cc1cc(-c2c(C)cc(C)c(-c3cc(C)c(C)c[n+]3C)c2C)[n+](C)cc1C.Cc1ccccc1-c1cccc(-c2n(C)cc[n+]2C)[n+]1C.[2H]C([2H])([2H])c1c[n+](C)c(-c2c(C)cc(C([2H])([2H])[2H])c(-c3ccc(C)c[n+]3C)c2C)cc1C.[2H]C([2H])([2H])c1cc(-c2c(C([2H])([2H])[2H])cc(C)c(-c3cc(C)c(C([2H])([2H])[2H])c[n+]3C)c2C)[n+](C)cc1C.[2H]C([2H])([2H])c1cccc(C)c1-n1cc[n+](C)c1-c1cccc(-c2ccccc2C)[n+]1C. The Morgan fingerprint density at radius 2 is 0.535 bits per heavy atom. The van der Waals surface area contributed by atoms with Crippen LogP contribution in [0, 0.1) is 166 Å². The zero-order chi connectivity index (χ0) is 109. The van der Waals surface area contributed by atoms with Crippen LogP contribution < -0.4 is 45.7 Å². The Hall–Kier alpha value is -13.1. The van der Waals surface area contributed by atoms with Crippen LogP contribution in [0.25, 0.3) is 119 Å². The Morgan fingerprint density at radius 1 is 0.225 bits per heavy atom. The quantitative estimate of drug-likeness (QED) is 0.116. The smallest absolute Gasteiger partial charge is 0.227 e. The molecule has 0 N–H and O–H groups in total. The van der Waals surface area contributed by atoms with Gasteiger partial charge in [0.25, 0.3) is 11.4 Å². The third-order valence-electron chi connectivity index (χ3n) is 25.7. The molecular formula is C117H142N12+10. The van der Waals surface area contributed by atoms with Gasteiger partial charge in [-0.2, -0.15) is 13.7 Å². The number of aryl methyl sites for hydroxylation is 30. The van der Waals surface area contributed by atoms with Crippen molar-refractivity contribution in [3.8, 4) is 119 Å². The molecule has 0 bridgehead atoms. The zero-order valence-electron chi connectivity index (χ0n) is 99.2. The van der Waals surface area contributed by atoms with Crippen molar-refractivity contribution >= 4 is 0 Å². The number of hydrogen-bond acceptors (Lipinski definition) is 0. The first-order valence-corrected chi connectivity index (χ1v) is 43.9. The molecule has 0 spiro atoms. The molecule has 0 amide bonds. The normalized spacial score (nSPS) is 13.7. The van der Waals surface area contributed by atoms with Gasteiger partial charge in [0.15, 0.2) is 37.2 Å². The van der Waals surface area contributed by atoms with Gasteiger partial charge in [-0.1, -0.05) is 72.8 Å². The minimum atomic E-state index is -2.44. The van der Waals surface area contributed by atoms with Gasteiger partial charge in [-0.25, -0.2) is 41.1 Å². The summed E-state index contributed by atoms with van der Waals surface area (Å²) >= 11 is 0. The fraction of sp³-hybridized carbons (Fsp3) is 0.299. The van der Waals surface area contributed by atoms with Crippen molar-refractivity contribution in [3.05, 3.63) is 359 Å². The Balaban J connectivity index is 0.000000165. The van der Waals surface area contributed by atoms with E-state index in [9.17, 15) is 0 Å². The molecule has 0 unspecified atom stereocenters. The van der Waals surface area contributed by atoms with Gasteiger partial charge in [-0.15, -0.1) is 0 Å². The molecular weight excluding hydrogens is 1570 g/mol. The Kier molecular flexibility index (Phi) is 22.2. The van der Waals surface area contributed by atoms with E-state index >= 15 is 0 Å². The highest BCUT2D eigenvalue weighted by Gasteiger charge is 2.34. The third kappa shape index (κ3) is 19.5. The minimum absolute atomic E-state index is 0.135. The van der Waals surface area contributed by atoms with E-state index in [1.54, 1.807) is 92.9 Å². The predicted octanol–water partition coefficient (Wildman–Crippen LogP) is 20.9. The lowest BCUT2D eigenvalue weighted by atomic mass is 9.88. The lowest BCUT2D eigenvalue weighted by molar-refractivity contribution is -0.685. The van der Waals surface area contributed by atoms with Gasteiger partial charge in [0.1, 0.15) is 86.9 Å². The van der Waals surface area contributed by atoms with Crippen molar-refractivity contribution in [3.63, 3.8) is 0 Å². The van der Waals surface area contributed by atoms with E-state index < -0.39 is 41.1 Å². The summed E-state index contributed by atoms with van der Waals surface area (Å²) in [5.41, 5.74) is 38.9. The molecule has 0 aliphatic carbocycles. The average Bonchev–Trinajstić information content (AvgIpc) is 1.73. The van der Waals surface area contributed by atoms with E-state index in [4.69, 9.17) is 24.7 Å². The maximum atomic E-state index is 8.24. The van der Waals surface area contributed by atoms with Crippen molar-refractivity contribution < 1.29 is 70.3 Å². The lowest BCUT2D eigenvalue weighted by Gasteiger charge is -2.16. The Morgan fingerprint density at radius 3 is 0.930 bits per heavy atom. The van der Waals surface area contributed by atoms with Crippen LogP contribution >= 0.6 is 0 Å². The van der Waals surface area contributed by atoms with Crippen LogP contribution in [0.1, 0.15) is 158 Å². The summed E-state index contributed by atoms with van der Waals surface area (Å²) in [7, 11) is 21.9. The molecule has 10 heterocycles. The summed E-state index contributed by atoms with van der Waals surface area (Å²) in [6.07, 6.45) is 19.5. The third-order valence-corrected chi connectivity index (χ3v) is 25.7. The summed E-state index contributed by atoms with van der Waals surface area (Å²) in [4.78, 5) is 0. The number of imidazole rings is 2. The number of pyridine rings is 8. The Bertz CT molecular complexity index is 7690. The predicted molar refractivity (Wildman–Crippen MR) is 530 cm³/mol. The first-order chi connectivity index (χ1) is 68.3. The first kappa shape index (κ1) is 72.9. The zero-order valence-corrected chi connectivity index (χ0v) is 81.2. The van der Waals surface area contributed by atoms with E-state index in [1.807, 2.05) is 142 Å². The van der Waals surface area contributed by atoms with Crippen molar-refractivity contribution in [2.45, 2.75) is 166 Å². The molecule has 0 saturated heterocycles. The molecule has 16 rings (SSSR count). The highest BCUT2D eigenvalue weighted by molar-refractivity contribution is 5.82. The van der Waals surface area contributed by atoms with Crippen LogP contribution in [0.3, 0.4) is 0 Å². The van der Waals surface area contributed by atoms with Crippen LogP contribution in [-0.4, -0.2) is 9.13 Å². The van der Waals surface area contributed by atoms with Crippen LogP contribution in [-0.2, 0) is 77.5 Å². The fourth-order valence-electron chi connectivity index (χ4n) is 18.5. The largest absolute Gasteiger partial charge is 0.359 e. The molecule has 0 aliphatic heterocycles. The number of para-hydroxylation sites is 1. The van der Waals surface area contributed by atoms with E-state index in [0.29, 0.717) is 61.5 Å². The van der Waals surface area contributed by atoms with Crippen LogP contribution in [0.2, 0.25) is 0 Å². The molecule has 0 atom stereocenters. The molecule has 660 valence electrons. The fourth-order valence-corrected chi connectivity index (χ4v) is 18.5. The van der Waals surface area contributed by atoms with Crippen LogP contribution in [0.15, 0.2) is 226 Å². The van der Waals surface area contributed by atoms with Gasteiger partial charge in [0.05, 0.1) is 54.5 Å². The second-order valence-electron chi connectivity index (χ2n) is 35.4. The second kappa shape index (κ2) is 39.3. The maximum absolute atomic E-state index is 8.24. The first-order valence-electron chi connectivity index (χ1n) is 52.9. The Labute approximate surface area is 797 Å². The van der Waals surface area contributed by atoms with Gasteiger partial charge in [-0.05, 0) is 296 Å². The van der Waals surface area contributed by atoms with Gasteiger partial charge in [0, 0.05) is 130 Å². The van der Waals surface area contributed by atoms with Crippen LogP contribution in [0.4, 0.5) is 0 Å². The summed E-state index contributed by atoms with van der Waals surface area (Å²) in [5, 5.41) is 0. The summed E-state index contributed by atoms with van der Waals surface area (Å²) in [6.45, 7) is 22.7. The monoisotopic (exact) mass is 1730 g/mol. The average molecular weight is 1730 g/mol. The van der Waals surface area contributed by atoms with Crippen LogP contribution in [0.5, 0.6) is 0 Å². The summed E-state index contributed by atoms with van der Waals surface area (Å²) < 4.78 is 169. The highest BCUT2D eigenvalue weighted by atomic mass is 15.2. The van der Waals surface area contributed by atoms with Gasteiger partial charge in [-0.3, -0.25) is 0 Å². The van der Waals surface area contributed by atoms with Crippen molar-refractivity contribution in [1.29, 1.82) is 0 Å². The molecule has 129 heavy (non-hydrogen) atoms.